The number of benzene rings is 2. The van der Waals surface area contributed by atoms with Crippen molar-refractivity contribution >= 4 is 0 Å². The molecule has 1 saturated heterocycles. The van der Waals surface area contributed by atoms with E-state index in [0.717, 1.165) is 43.1 Å². The van der Waals surface area contributed by atoms with Crippen molar-refractivity contribution in [1.29, 1.82) is 0 Å². The van der Waals surface area contributed by atoms with E-state index in [4.69, 9.17) is 14.2 Å². The maximum absolute atomic E-state index is 6.15. The highest BCUT2D eigenvalue weighted by Gasteiger charge is 2.20. The number of likely N-dealkylation sites (tertiary alicyclic amines) is 1. The van der Waals surface area contributed by atoms with Crippen LogP contribution in [-0.4, -0.2) is 45.4 Å². The van der Waals surface area contributed by atoms with E-state index < -0.39 is 0 Å². The second-order valence-corrected chi connectivity index (χ2v) is 7.21. The highest BCUT2D eigenvalue weighted by atomic mass is 16.5. The van der Waals surface area contributed by atoms with E-state index in [1.54, 1.807) is 14.2 Å². The Morgan fingerprint density at radius 1 is 0.963 bits per heavy atom. The van der Waals surface area contributed by atoms with Crippen molar-refractivity contribution in [1.82, 2.24) is 4.90 Å². The first kappa shape index (κ1) is 19.6. The first-order chi connectivity index (χ1) is 13.2. The highest BCUT2D eigenvalue weighted by molar-refractivity contribution is 5.43. The van der Waals surface area contributed by atoms with Crippen LogP contribution in [0.4, 0.5) is 0 Å². The van der Waals surface area contributed by atoms with Crippen LogP contribution >= 0.6 is 0 Å². The number of ether oxygens (including phenoxy) is 3. The second kappa shape index (κ2) is 9.65. The SMILES string of the molecule is COc1ccc(CCc2ccccc2OCCC2CCCN2C)cc1OC. The molecule has 4 nitrogen and oxygen atoms in total. The van der Waals surface area contributed by atoms with Gasteiger partial charge in [-0.25, -0.2) is 0 Å². The lowest BCUT2D eigenvalue weighted by Crippen LogP contribution is -2.26. The van der Waals surface area contributed by atoms with E-state index in [1.165, 1.54) is 30.5 Å². The molecule has 146 valence electrons. The molecule has 1 heterocycles. The van der Waals surface area contributed by atoms with Crippen molar-refractivity contribution in [3.8, 4) is 17.2 Å². The molecule has 0 aromatic heterocycles. The number of methoxy groups -OCH3 is 2. The van der Waals surface area contributed by atoms with Crippen LogP contribution in [0.5, 0.6) is 17.2 Å². The number of nitrogens with zero attached hydrogens (tertiary/aromatic N) is 1. The summed E-state index contributed by atoms with van der Waals surface area (Å²) in [5.74, 6) is 2.56. The lowest BCUT2D eigenvalue weighted by molar-refractivity contribution is 0.232. The first-order valence-electron chi connectivity index (χ1n) is 9.83. The summed E-state index contributed by atoms with van der Waals surface area (Å²) in [4.78, 5) is 2.45. The van der Waals surface area contributed by atoms with Gasteiger partial charge in [0.2, 0.25) is 0 Å². The maximum atomic E-state index is 6.15. The molecule has 4 heteroatoms. The molecule has 0 radical (unpaired) electrons. The summed E-state index contributed by atoms with van der Waals surface area (Å²) < 4.78 is 16.9. The largest absolute Gasteiger partial charge is 0.493 e. The van der Waals surface area contributed by atoms with Crippen LogP contribution in [-0.2, 0) is 12.8 Å². The standard InChI is InChI=1S/C23H31NO3/c1-24-15-6-8-20(24)14-16-27-21-9-5-4-7-19(21)12-10-18-11-13-22(25-2)23(17-18)26-3/h4-5,7,9,11,13,17,20H,6,8,10,12,14-16H2,1-3H3. The lowest BCUT2D eigenvalue weighted by atomic mass is 10.0. The van der Waals surface area contributed by atoms with Gasteiger partial charge in [0, 0.05) is 6.04 Å². The van der Waals surface area contributed by atoms with Crippen LogP contribution in [0.15, 0.2) is 42.5 Å². The summed E-state index contributed by atoms with van der Waals surface area (Å²) in [6, 6.07) is 15.2. The molecule has 1 aliphatic heterocycles. The Labute approximate surface area is 163 Å². The number of para-hydroxylation sites is 1. The Morgan fingerprint density at radius 2 is 1.78 bits per heavy atom. The molecule has 0 bridgehead atoms. The minimum Gasteiger partial charge on any atom is -0.493 e. The van der Waals surface area contributed by atoms with Gasteiger partial charge in [-0.1, -0.05) is 24.3 Å². The summed E-state index contributed by atoms with van der Waals surface area (Å²) in [6.45, 7) is 1.99. The van der Waals surface area contributed by atoms with Crippen LogP contribution in [0.1, 0.15) is 30.4 Å². The third-order valence-electron chi connectivity index (χ3n) is 5.48. The van der Waals surface area contributed by atoms with Crippen LogP contribution in [0.3, 0.4) is 0 Å². The van der Waals surface area contributed by atoms with Gasteiger partial charge in [-0.2, -0.15) is 0 Å². The van der Waals surface area contributed by atoms with E-state index in [0.29, 0.717) is 6.04 Å². The number of rotatable bonds is 9. The summed E-state index contributed by atoms with van der Waals surface area (Å²) in [5, 5.41) is 0. The highest BCUT2D eigenvalue weighted by Crippen LogP contribution is 2.29. The predicted octanol–water partition coefficient (Wildman–Crippen LogP) is 4.35. The van der Waals surface area contributed by atoms with Gasteiger partial charge in [0.05, 0.1) is 20.8 Å². The Kier molecular flexibility index (Phi) is 6.99. The zero-order valence-corrected chi connectivity index (χ0v) is 16.7. The van der Waals surface area contributed by atoms with E-state index in [9.17, 15) is 0 Å². The van der Waals surface area contributed by atoms with E-state index >= 15 is 0 Å². The molecule has 0 amide bonds. The molecular weight excluding hydrogens is 338 g/mol. The molecule has 0 spiro atoms. The van der Waals surface area contributed by atoms with Gasteiger partial charge < -0.3 is 19.1 Å². The molecule has 0 N–H and O–H groups in total. The quantitative estimate of drug-likeness (QED) is 0.657. The first-order valence-corrected chi connectivity index (χ1v) is 9.83. The molecule has 1 fully saturated rings. The van der Waals surface area contributed by atoms with Crippen LogP contribution < -0.4 is 14.2 Å². The molecule has 3 rings (SSSR count). The fourth-order valence-electron chi connectivity index (χ4n) is 3.82. The van der Waals surface area contributed by atoms with Gasteiger partial charge in [0.1, 0.15) is 5.75 Å². The van der Waals surface area contributed by atoms with Gasteiger partial charge in [-0.05, 0) is 75.0 Å². The zero-order valence-electron chi connectivity index (χ0n) is 16.7. The van der Waals surface area contributed by atoms with Crippen molar-refractivity contribution in [2.75, 3.05) is 34.4 Å². The summed E-state index contributed by atoms with van der Waals surface area (Å²) in [7, 11) is 5.55. The molecule has 1 aliphatic rings. The normalized spacial score (nSPS) is 17.1. The van der Waals surface area contributed by atoms with Crippen molar-refractivity contribution in [2.24, 2.45) is 0 Å². The van der Waals surface area contributed by atoms with Gasteiger partial charge in [0.15, 0.2) is 11.5 Å². The predicted molar refractivity (Wildman–Crippen MR) is 109 cm³/mol. The second-order valence-electron chi connectivity index (χ2n) is 7.21. The number of hydrogen-bond donors (Lipinski definition) is 0. The van der Waals surface area contributed by atoms with Crippen molar-refractivity contribution < 1.29 is 14.2 Å². The maximum Gasteiger partial charge on any atom is 0.160 e. The molecule has 2 aromatic carbocycles. The van der Waals surface area contributed by atoms with Gasteiger partial charge in [0.25, 0.3) is 0 Å². The summed E-state index contributed by atoms with van der Waals surface area (Å²) >= 11 is 0. The Hall–Kier alpha value is -2.20. The Balaban J connectivity index is 1.57. The number of aryl methyl sites for hydroxylation is 2. The Morgan fingerprint density at radius 3 is 2.52 bits per heavy atom. The fourth-order valence-corrected chi connectivity index (χ4v) is 3.82. The van der Waals surface area contributed by atoms with Crippen molar-refractivity contribution in [3.05, 3.63) is 53.6 Å². The minimum absolute atomic E-state index is 0.670. The van der Waals surface area contributed by atoms with Crippen LogP contribution in [0, 0.1) is 0 Å². The van der Waals surface area contributed by atoms with Gasteiger partial charge >= 0.3 is 0 Å². The van der Waals surface area contributed by atoms with Gasteiger partial charge in [-0.3, -0.25) is 0 Å². The van der Waals surface area contributed by atoms with E-state index in [1.807, 2.05) is 6.07 Å². The average Bonchev–Trinajstić information content (AvgIpc) is 3.11. The number of hydrogen-bond acceptors (Lipinski definition) is 4. The fraction of sp³-hybridized carbons (Fsp3) is 0.478. The Bertz CT molecular complexity index is 731. The lowest BCUT2D eigenvalue weighted by Gasteiger charge is -2.20. The zero-order chi connectivity index (χ0) is 19.1. The van der Waals surface area contributed by atoms with Crippen molar-refractivity contribution in [3.63, 3.8) is 0 Å². The van der Waals surface area contributed by atoms with Gasteiger partial charge in [-0.15, -0.1) is 0 Å². The third kappa shape index (κ3) is 5.16. The smallest absolute Gasteiger partial charge is 0.160 e. The minimum atomic E-state index is 0.670. The molecule has 1 unspecified atom stereocenters. The van der Waals surface area contributed by atoms with Crippen LogP contribution in [0.2, 0.25) is 0 Å². The molecule has 2 aromatic rings. The summed E-state index contributed by atoms with van der Waals surface area (Å²) in [5.41, 5.74) is 2.49. The topological polar surface area (TPSA) is 30.9 Å². The van der Waals surface area contributed by atoms with Crippen molar-refractivity contribution in [2.45, 2.75) is 38.1 Å². The monoisotopic (exact) mass is 369 g/mol. The molecule has 0 aliphatic carbocycles. The van der Waals surface area contributed by atoms with Crippen LogP contribution in [0.25, 0.3) is 0 Å². The molecule has 0 saturated carbocycles. The third-order valence-corrected chi connectivity index (χ3v) is 5.48. The molecule has 1 atom stereocenters. The van der Waals surface area contributed by atoms with E-state index in [2.05, 4.69) is 48.3 Å². The summed E-state index contributed by atoms with van der Waals surface area (Å²) in [6.07, 6.45) is 5.57. The van der Waals surface area contributed by atoms with E-state index in [-0.39, 0.29) is 0 Å². The molecule has 27 heavy (non-hydrogen) atoms. The average molecular weight is 370 g/mol. The molecular formula is C23H31NO3.